The highest BCUT2D eigenvalue weighted by atomic mass is 35.5. The van der Waals surface area contributed by atoms with Gasteiger partial charge in [0.2, 0.25) is 0 Å². The summed E-state index contributed by atoms with van der Waals surface area (Å²) in [5, 5.41) is 5.77. The van der Waals surface area contributed by atoms with Gasteiger partial charge in [0, 0.05) is 22.3 Å². The number of hydrogen-bond acceptors (Lipinski definition) is 2. The average molecular weight is 337 g/mol. The van der Waals surface area contributed by atoms with Crippen molar-refractivity contribution < 1.29 is 9.59 Å². The Morgan fingerprint density at radius 3 is 2.32 bits per heavy atom. The van der Waals surface area contributed by atoms with Gasteiger partial charge in [-0.1, -0.05) is 53.0 Å². The summed E-state index contributed by atoms with van der Waals surface area (Å²) in [6.07, 6.45) is 0. The topological polar surface area (TPSA) is 58.2 Å². The Bertz CT molecular complexity index is 697. The third kappa shape index (κ3) is 4.76. The Balaban J connectivity index is 1.93. The van der Waals surface area contributed by atoms with E-state index in [0.717, 1.165) is 11.1 Å². The van der Waals surface area contributed by atoms with E-state index in [9.17, 15) is 9.59 Å². The number of nitrogens with one attached hydrogen (secondary N) is 2. The second-order valence-electron chi connectivity index (χ2n) is 4.78. The second-order valence-corrected chi connectivity index (χ2v) is 5.66. The maximum absolute atomic E-state index is 11.8. The zero-order valence-corrected chi connectivity index (χ0v) is 13.3. The first-order valence-corrected chi connectivity index (χ1v) is 7.30. The molecule has 0 fully saturated rings. The van der Waals surface area contributed by atoms with Gasteiger partial charge in [0.05, 0.1) is 0 Å². The molecule has 0 aliphatic rings. The summed E-state index contributed by atoms with van der Waals surface area (Å²) in [7, 11) is 0. The number of carbonyl (C=O) groups is 2. The predicted molar refractivity (Wildman–Crippen MR) is 88.1 cm³/mol. The van der Waals surface area contributed by atoms with Crippen LogP contribution >= 0.6 is 23.2 Å². The van der Waals surface area contributed by atoms with Crippen LogP contribution in [0.1, 0.15) is 11.1 Å². The monoisotopic (exact) mass is 336 g/mol. The first-order valence-electron chi connectivity index (χ1n) is 6.55. The molecule has 0 unspecified atom stereocenters. The molecule has 22 heavy (non-hydrogen) atoms. The highest BCUT2D eigenvalue weighted by molar-refractivity contribution is 6.40. The number of rotatable bonds is 3. The third-order valence-electron chi connectivity index (χ3n) is 2.86. The van der Waals surface area contributed by atoms with E-state index < -0.39 is 11.8 Å². The van der Waals surface area contributed by atoms with Crippen molar-refractivity contribution in [3.63, 3.8) is 0 Å². The summed E-state index contributed by atoms with van der Waals surface area (Å²) >= 11 is 11.7. The molecule has 6 heteroatoms. The highest BCUT2D eigenvalue weighted by Gasteiger charge is 2.13. The Labute approximate surface area is 138 Å². The molecule has 0 saturated heterocycles. The van der Waals surface area contributed by atoms with Crippen molar-refractivity contribution in [3.05, 3.63) is 63.6 Å². The van der Waals surface area contributed by atoms with Gasteiger partial charge in [-0.25, -0.2) is 0 Å². The van der Waals surface area contributed by atoms with Crippen molar-refractivity contribution in [3.8, 4) is 0 Å². The van der Waals surface area contributed by atoms with E-state index in [2.05, 4.69) is 10.6 Å². The third-order valence-corrected chi connectivity index (χ3v) is 3.30. The van der Waals surface area contributed by atoms with Crippen LogP contribution in [0.4, 0.5) is 5.69 Å². The molecule has 0 saturated carbocycles. The van der Waals surface area contributed by atoms with Gasteiger partial charge in [0.25, 0.3) is 0 Å². The molecule has 2 aromatic carbocycles. The van der Waals surface area contributed by atoms with E-state index in [0.29, 0.717) is 15.7 Å². The Kier molecular flexibility index (Phi) is 5.41. The molecule has 4 nitrogen and oxygen atoms in total. The zero-order valence-electron chi connectivity index (χ0n) is 11.8. The van der Waals surface area contributed by atoms with Crippen molar-refractivity contribution in [1.82, 2.24) is 5.32 Å². The van der Waals surface area contributed by atoms with Crippen molar-refractivity contribution >= 4 is 40.7 Å². The van der Waals surface area contributed by atoms with Gasteiger partial charge in [-0.15, -0.1) is 0 Å². The summed E-state index contributed by atoms with van der Waals surface area (Å²) in [6, 6.07) is 12.2. The van der Waals surface area contributed by atoms with Crippen LogP contribution < -0.4 is 10.6 Å². The second kappa shape index (κ2) is 7.29. The first-order chi connectivity index (χ1) is 10.4. The SMILES string of the molecule is Cc1cccc(CNC(=O)C(=O)Nc2cc(Cl)cc(Cl)c2)c1. The zero-order chi connectivity index (χ0) is 16.1. The molecule has 0 spiro atoms. The molecular formula is C16H14Cl2N2O2. The first kappa shape index (κ1) is 16.3. The number of halogens is 2. The maximum Gasteiger partial charge on any atom is 0.313 e. The van der Waals surface area contributed by atoms with Gasteiger partial charge in [0.1, 0.15) is 0 Å². The Morgan fingerprint density at radius 1 is 1.00 bits per heavy atom. The highest BCUT2D eigenvalue weighted by Crippen LogP contribution is 2.22. The number of aryl methyl sites for hydroxylation is 1. The van der Waals surface area contributed by atoms with Gasteiger partial charge in [-0.3, -0.25) is 9.59 Å². The minimum absolute atomic E-state index is 0.282. The van der Waals surface area contributed by atoms with Crippen LogP contribution in [-0.4, -0.2) is 11.8 Å². The number of amides is 2. The number of carbonyl (C=O) groups excluding carboxylic acids is 2. The predicted octanol–water partition coefficient (Wildman–Crippen LogP) is 3.56. The van der Waals surface area contributed by atoms with Crippen LogP contribution in [0.2, 0.25) is 10.0 Å². The lowest BCUT2D eigenvalue weighted by atomic mass is 10.1. The number of hydrogen-bond donors (Lipinski definition) is 2. The quantitative estimate of drug-likeness (QED) is 0.842. The lowest BCUT2D eigenvalue weighted by molar-refractivity contribution is -0.136. The molecule has 2 aromatic rings. The molecule has 0 atom stereocenters. The molecule has 114 valence electrons. The Hall–Kier alpha value is -2.04. The number of anilines is 1. The lowest BCUT2D eigenvalue weighted by Gasteiger charge is -2.08. The molecule has 0 radical (unpaired) electrons. The van der Waals surface area contributed by atoms with Crippen LogP contribution in [0.3, 0.4) is 0 Å². The smallest absolute Gasteiger partial charge is 0.313 e. The molecule has 0 aromatic heterocycles. The largest absolute Gasteiger partial charge is 0.344 e. The molecule has 2 amide bonds. The minimum Gasteiger partial charge on any atom is -0.344 e. The van der Waals surface area contributed by atoms with Gasteiger partial charge < -0.3 is 10.6 Å². The van der Waals surface area contributed by atoms with E-state index >= 15 is 0 Å². The van der Waals surface area contributed by atoms with Crippen LogP contribution in [0.5, 0.6) is 0 Å². The van der Waals surface area contributed by atoms with E-state index in [1.165, 1.54) is 18.2 Å². The van der Waals surface area contributed by atoms with Crippen molar-refractivity contribution in [1.29, 1.82) is 0 Å². The van der Waals surface area contributed by atoms with Crippen molar-refractivity contribution in [2.24, 2.45) is 0 Å². The molecule has 0 bridgehead atoms. The van der Waals surface area contributed by atoms with Gasteiger partial charge in [-0.05, 0) is 30.7 Å². The fraction of sp³-hybridized carbons (Fsp3) is 0.125. The maximum atomic E-state index is 11.8. The molecule has 2 N–H and O–H groups in total. The van der Waals surface area contributed by atoms with Crippen molar-refractivity contribution in [2.75, 3.05) is 5.32 Å². The summed E-state index contributed by atoms with van der Waals surface area (Å²) in [4.78, 5) is 23.6. The fourth-order valence-corrected chi connectivity index (χ4v) is 2.42. The van der Waals surface area contributed by atoms with Crippen LogP contribution in [0, 0.1) is 6.92 Å². The molecule has 0 aliphatic carbocycles. The van der Waals surface area contributed by atoms with Crippen LogP contribution in [0.25, 0.3) is 0 Å². The van der Waals surface area contributed by atoms with E-state index in [1.807, 2.05) is 31.2 Å². The lowest BCUT2D eigenvalue weighted by Crippen LogP contribution is -2.34. The van der Waals surface area contributed by atoms with Gasteiger partial charge >= 0.3 is 11.8 Å². The van der Waals surface area contributed by atoms with Crippen LogP contribution in [0.15, 0.2) is 42.5 Å². The molecular weight excluding hydrogens is 323 g/mol. The number of benzene rings is 2. The normalized spacial score (nSPS) is 10.1. The standard InChI is InChI=1S/C16H14Cl2N2O2/c1-10-3-2-4-11(5-10)9-19-15(21)16(22)20-14-7-12(17)6-13(18)8-14/h2-8H,9H2,1H3,(H,19,21)(H,20,22). The van der Waals surface area contributed by atoms with Crippen molar-refractivity contribution in [2.45, 2.75) is 13.5 Å². The summed E-state index contributed by atoms with van der Waals surface area (Å²) in [5.74, 6) is -1.50. The molecule has 0 heterocycles. The van der Waals surface area contributed by atoms with Gasteiger partial charge in [0.15, 0.2) is 0 Å². The van der Waals surface area contributed by atoms with E-state index in [1.54, 1.807) is 0 Å². The summed E-state index contributed by atoms with van der Waals surface area (Å²) in [6.45, 7) is 2.24. The summed E-state index contributed by atoms with van der Waals surface area (Å²) in [5.41, 5.74) is 2.38. The molecule has 0 aliphatic heterocycles. The van der Waals surface area contributed by atoms with Crippen LogP contribution in [-0.2, 0) is 16.1 Å². The van der Waals surface area contributed by atoms with Gasteiger partial charge in [-0.2, -0.15) is 0 Å². The summed E-state index contributed by atoms with van der Waals surface area (Å²) < 4.78 is 0. The van der Waals surface area contributed by atoms with E-state index in [-0.39, 0.29) is 6.54 Å². The fourth-order valence-electron chi connectivity index (χ4n) is 1.90. The molecule has 2 rings (SSSR count). The average Bonchev–Trinajstić information content (AvgIpc) is 2.43. The van der Waals surface area contributed by atoms with E-state index in [4.69, 9.17) is 23.2 Å². The minimum atomic E-state index is -0.772. The Morgan fingerprint density at radius 2 is 1.68 bits per heavy atom.